The molecule has 170 valence electrons. The number of amidine groups is 1. The molecule has 0 fully saturated rings. The third-order valence-electron chi connectivity index (χ3n) is 6.84. The summed E-state index contributed by atoms with van der Waals surface area (Å²) in [5.41, 5.74) is 5.42. The van der Waals surface area contributed by atoms with Crippen LogP contribution in [0.4, 0.5) is 0 Å². The molecular formula is C26H34N4O2. The molecule has 2 aromatic heterocycles. The Morgan fingerprint density at radius 3 is 2.78 bits per heavy atom. The van der Waals surface area contributed by atoms with Gasteiger partial charge in [0, 0.05) is 54.3 Å². The first kappa shape index (κ1) is 22.3. The van der Waals surface area contributed by atoms with E-state index in [4.69, 9.17) is 9.73 Å². The van der Waals surface area contributed by atoms with Crippen LogP contribution >= 0.6 is 0 Å². The van der Waals surface area contributed by atoms with E-state index in [0.717, 1.165) is 54.3 Å². The fourth-order valence-corrected chi connectivity index (χ4v) is 4.96. The van der Waals surface area contributed by atoms with Gasteiger partial charge in [0.15, 0.2) is 5.78 Å². The lowest BCUT2D eigenvalue weighted by molar-refractivity contribution is 0.0950. The number of nitrogens with zero attached hydrogens (tertiary/aromatic N) is 3. The number of aromatic nitrogens is 2. The van der Waals surface area contributed by atoms with Crippen molar-refractivity contribution in [2.75, 3.05) is 20.3 Å². The fraction of sp³-hybridized carbons (Fsp3) is 0.462. The Labute approximate surface area is 190 Å². The number of ketones is 1. The van der Waals surface area contributed by atoms with Gasteiger partial charge in [-0.1, -0.05) is 18.2 Å². The molecule has 1 aliphatic rings. The molecule has 1 aromatic carbocycles. The van der Waals surface area contributed by atoms with Crippen molar-refractivity contribution < 1.29 is 9.53 Å². The Bertz CT molecular complexity index is 1140. The van der Waals surface area contributed by atoms with E-state index < -0.39 is 0 Å². The summed E-state index contributed by atoms with van der Waals surface area (Å²) in [6, 6.07) is 10.7. The molecule has 0 unspecified atom stereocenters. The SMILES string of the molecule is COCCCn1c(C)cc(C(=O)CN2C(C)=N[C@@H](Cc3c[nH]c4ccccc34)[C@H]2C)c1C. The van der Waals surface area contributed by atoms with Gasteiger partial charge in [0.2, 0.25) is 0 Å². The Hall–Kier alpha value is -2.86. The maximum atomic E-state index is 13.3. The van der Waals surface area contributed by atoms with E-state index in [0.29, 0.717) is 6.54 Å². The number of carbonyl (C=O) groups is 1. The van der Waals surface area contributed by atoms with Crippen LogP contribution in [0.5, 0.6) is 0 Å². The normalized spacial score (nSPS) is 18.5. The van der Waals surface area contributed by atoms with E-state index in [-0.39, 0.29) is 17.9 Å². The highest BCUT2D eigenvalue weighted by Gasteiger charge is 2.33. The number of aliphatic imine (C=N–C) groups is 1. The highest BCUT2D eigenvalue weighted by molar-refractivity contribution is 6.01. The zero-order chi connectivity index (χ0) is 22.8. The summed E-state index contributed by atoms with van der Waals surface area (Å²) in [6.07, 6.45) is 3.89. The standard InChI is InChI=1S/C26H34N4O2/c1-17-13-23(18(2)29(17)11-8-12-32-5)26(31)16-30-19(3)25(28-20(30)4)14-21-15-27-24-10-7-6-9-22(21)24/h6-7,9-10,13,15,19,25,27H,8,11-12,14,16H2,1-5H3/t19-,25+/m1/s1. The molecule has 2 atom stereocenters. The average molecular weight is 435 g/mol. The van der Waals surface area contributed by atoms with Crippen LogP contribution in [-0.2, 0) is 17.7 Å². The van der Waals surface area contributed by atoms with Crippen LogP contribution in [0.2, 0.25) is 0 Å². The molecule has 1 N–H and O–H groups in total. The second-order valence-electron chi connectivity index (χ2n) is 8.88. The predicted octanol–water partition coefficient (Wildman–Crippen LogP) is 4.54. The number of ether oxygens (including phenoxy) is 1. The number of aryl methyl sites for hydroxylation is 1. The molecule has 3 heterocycles. The second-order valence-corrected chi connectivity index (χ2v) is 8.88. The van der Waals surface area contributed by atoms with Gasteiger partial charge in [0.05, 0.1) is 24.5 Å². The fourth-order valence-electron chi connectivity index (χ4n) is 4.96. The molecule has 0 saturated carbocycles. The number of methoxy groups -OCH3 is 1. The van der Waals surface area contributed by atoms with Crippen molar-refractivity contribution in [2.24, 2.45) is 4.99 Å². The Morgan fingerprint density at radius 2 is 2.00 bits per heavy atom. The summed E-state index contributed by atoms with van der Waals surface area (Å²) in [4.78, 5) is 23.7. The van der Waals surface area contributed by atoms with Gasteiger partial charge in [0.25, 0.3) is 0 Å². The number of benzene rings is 1. The first-order valence-electron chi connectivity index (χ1n) is 11.5. The van der Waals surface area contributed by atoms with E-state index in [1.165, 1.54) is 10.9 Å². The van der Waals surface area contributed by atoms with Gasteiger partial charge in [-0.3, -0.25) is 9.79 Å². The zero-order valence-corrected chi connectivity index (χ0v) is 19.8. The molecule has 4 rings (SSSR count). The summed E-state index contributed by atoms with van der Waals surface area (Å²) in [6.45, 7) is 10.3. The topological polar surface area (TPSA) is 62.6 Å². The minimum Gasteiger partial charge on any atom is -0.385 e. The van der Waals surface area contributed by atoms with Crippen LogP contribution in [0, 0.1) is 13.8 Å². The number of aromatic amines is 1. The van der Waals surface area contributed by atoms with Crippen molar-refractivity contribution >= 4 is 22.5 Å². The van der Waals surface area contributed by atoms with Gasteiger partial charge >= 0.3 is 0 Å². The van der Waals surface area contributed by atoms with Gasteiger partial charge in [-0.2, -0.15) is 0 Å². The highest BCUT2D eigenvalue weighted by Crippen LogP contribution is 2.26. The van der Waals surface area contributed by atoms with Crippen molar-refractivity contribution in [1.82, 2.24) is 14.5 Å². The second kappa shape index (κ2) is 9.33. The number of rotatable bonds is 9. The molecule has 0 aliphatic carbocycles. The predicted molar refractivity (Wildman–Crippen MR) is 130 cm³/mol. The molecule has 32 heavy (non-hydrogen) atoms. The van der Waals surface area contributed by atoms with E-state index in [2.05, 4.69) is 52.7 Å². The van der Waals surface area contributed by atoms with Crippen molar-refractivity contribution in [3.05, 3.63) is 59.0 Å². The molecule has 0 spiro atoms. The van der Waals surface area contributed by atoms with Crippen molar-refractivity contribution in [3.63, 3.8) is 0 Å². The number of hydrogen-bond donors (Lipinski definition) is 1. The van der Waals surface area contributed by atoms with Gasteiger partial charge < -0.3 is 19.2 Å². The van der Waals surface area contributed by atoms with Gasteiger partial charge in [-0.05, 0) is 58.2 Å². The van der Waals surface area contributed by atoms with E-state index in [1.807, 2.05) is 26.0 Å². The van der Waals surface area contributed by atoms with Crippen LogP contribution in [0.3, 0.4) is 0 Å². The summed E-state index contributed by atoms with van der Waals surface area (Å²) in [5.74, 6) is 1.11. The monoisotopic (exact) mass is 434 g/mol. The summed E-state index contributed by atoms with van der Waals surface area (Å²) >= 11 is 0. The lowest BCUT2D eigenvalue weighted by Crippen LogP contribution is -2.40. The summed E-state index contributed by atoms with van der Waals surface area (Å²) in [7, 11) is 1.72. The Morgan fingerprint density at radius 1 is 1.22 bits per heavy atom. The average Bonchev–Trinajstić information content (AvgIpc) is 3.40. The zero-order valence-electron chi connectivity index (χ0n) is 19.8. The van der Waals surface area contributed by atoms with Gasteiger partial charge in [-0.15, -0.1) is 0 Å². The maximum absolute atomic E-state index is 13.3. The molecule has 1 aliphatic heterocycles. The van der Waals surface area contributed by atoms with Crippen LogP contribution in [0.25, 0.3) is 10.9 Å². The van der Waals surface area contributed by atoms with E-state index in [9.17, 15) is 4.79 Å². The molecule has 0 radical (unpaired) electrons. The summed E-state index contributed by atoms with van der Waals surface area (Å²) in [5, 5.41) is 1.25. The van der Waals surface area contributed by atoms with Crippen molar-refractivity contribution in [1.29, 1.82) is 0 Å². The number of para-hydroxylation sites is 1. The van der Waals surface area contributed by atoms with Crippen LogP contribution < -0.4 is 0 Å². The van der Waals surface area contributed by atoms with E-state index in [1.54, 1.807) is 7.11 Å². The first-order valence-corrected chi connectivity index (χ1v) is 11.5. The number of nitrogens with one attached hydrogen (secondary N) is 1. The smallest absolute Gasteiger partial charge is 0.183 e. The van der Waals surface area contributed by atoms with Crippen LogP contribution in [0.15, 0.2) is 41.5 Å². The van der Waals surface area contributed by atoms with E-state index >= 15 is 0 Å². The Kier molecular flexibility index (Phi) is 6.51. The minimum atomic E-state index is 0.142. The quantitative estimate of drug-likeness (QED) is 0.397. The van der Waals surface area contributed by atoms with Gasteiger partial charge in [-0.25, -0.2) is 0 Å². The first-order chi connectivity index (χ1) is 15.4. The molecule has 0 saturated heterocycles. The molecule has 6 heteroatoms. The number of carbonyl (C=O) groups excluding carboxylic acids is 1. The number of Topliss-reactive ketones (excluding diaryl/α,β-unsaturated/α-hetero) is 1. The molecule has 6 nitrogen and oxygen atoms in total. The van der Waals surface area contributed by atoms with Crippen molar-refractivity contribution in [3.8, 4) is 0 Å². The molecule has 0 bridgehead atoms. The van der Waals surface area contributed by atoms with Crippen molar-refractivity contribution in [2.45, 2.75) is 59.2 Å². The third kappa shape index (κ3) is 4.24. The van der Waals surface area contributed by atoms with Crippen LogP contribution in [-0.4, -0.2) is 58.4 Å². The maximum Gasteiger partial charge on any atom is 0.183 e. The van der Waals surface area contributed by atoms with Crippen LogP contribution in [0.1, 0.15) is 47.6 Å². The summed E-state index contributed by atoms with van der Waals surface area (Å²) < 4.78 is 7.40. The lowest BCUT2D eigenvalue weighted by Gasteiger charge is -2.26. The Balaban J connectivity index is 1.45. The van der Waals surface area contributed by atoms with Gasteiger partial charge in [0.1, 0.15) is 0 Å². The molecule has 0 amide bonds. The molecular weight excluding hydrogens is 400 g/mol. The minimum absolute atomic E-state index is 0.142. The lowest BCUT2D eigenvalue weighted by atomic mass is 10.00. The number of fused-ring (bicyclic) bond motifs is 1. The third-order valence-corrected chi connectivity index (χ3v) is 6.84. The highest BCUT2D eigenvalue weighted by atomic mass is 16.5. The largest absolute Gasteiger partial charge is 0.385 e. The number of hydrogen-bond acceptors (Lipinski definition) is 4. The number of H-pyrrole nitrogens is 1. The molecule has 3 aromatic rings.